The molecule has 0 aliphatic carbocycles. The number of nitrogens with one attached hydrogen (secondary N) is 1. The summed E-state index contributed by atoms with van der Waals surface area (Å²) >= 11 is 0. The lowest BCUT2D eigenvalue weighted by atomic mass is 10.0. The van der Waals surface area contributed by atoms with Crippen LogP contribution in [0.5, 0.6) is 0 Å². The molecule has 1 unspecified atom stereocenters. The fraction of sp³-hybridized carbons (Fsp3) is 0.0870. The highest BCUT2D eigenvalue weighted by molar-refractivity contribution is 6.07. The van der Waals surface area contributed by atoms with E-state index >= 15 is 0 Å². The molecule has 0 saturated heterocycles. The van der Waals surface area contributed by atoms with Crippen molar-refractivity contribution >= 4 is 16.8 Å². The molecule has 0 bridgehead atoms. The highest BCUT2D eigenvalue weighted by Crippen LogP contribution is 2.25. The number of carbonyl (C=O) groups is 1. The number of rotatable bonds is 4. The molecule has 1 atom stereocenters. The summed E-state index contributed by atoms with van der Waals surface area (Å²) in [5, 5.41) is 3.67. The van der Waals surface area contributed by atoms with E-state index in [1.165, 1.54) is 12.1 Å². The molecule has 0 fully saturated rings. The fourth-order valence-corrected chi connectivity index (χ4v) is 3.12. The SMILES string of the molecule is CC(NC(=O)c1cc(-c2ccccc2)nc2ccncc12)c1ccc(F)cc1. The number of nitrogens with zero attached hydrogens (tertiary/aromatic N) is 2. The molecule has 2 aromatic heterocycles. The number of fused-ring (bicyclic) bond motifs is 1. The number of benzene rings is 2. The predicted octanol–water partition coefficient (Wildman–Crippen LogP) is 4.93. The van der Waals surface area contributed by atoms with Gasteiger partial charge in [-0.25, -0.2) is 9.37 Å². The van der Waals surface area contributed by atoms with Crippen LogP contribution in [0.3, 0.4) is 0 Å². The normalized spacial score (nSPS) is 11.9. The molecule has 2 heterocycles. The van der Waals surface area contributed by atoms with Crippen molar-refractivity contribution in [2.45, 2.75) is 13.0 Å². The molecule has 4 aromatic rings. The minimum Gasteiger partial charge on any atom is -0.345 e. The van der Waals surface area contributed by atoms with Crippen LogP contribution in [0.25, 0.3) is 22.2 Å². The second kappa shape index (κ2) is 7.56. The summed E-state index contributed by atoms with van der Waals surface area (Å²) in [6.07, 6.45) is 3.31. The van der Waals surface area contributed by atoms with E-state index in [0.717, 1.165) is 16.8 Å². The van der Waals surface area contributed by atoms with E-state index < -0.39 is 0 Å². The third kappa shape index (κ3) is 3.60. The highest BCUT2D eigenvalue weighted by atomic mass is 19.1. The van der Waals surface area contributed by atoms with E-state index in [9.17, 15) is 9.18 Å². The minimum atomic E-state index is -0.305. The molecule has 0 saturated carbocycles. The van der Waals surface area contributed by atoms with Crippen molar-refractivity contribution in [3.8, 4) is 11.3 Å². The average molecular weight is 371 g/mol. The van der Waals surface area contributed by atoms with Gasteiger partial charge in [-0.15, -0.1) is 0 Å². The Balaban J connectivity index is 1.72. The van der Waals surface area contributed by atoms with Crippen LogP contribution in [0.2, 0.25) is 0 Å². The van der Waals surface area contributed by atoms with E-state index in [1.807, 2.05) is 37.3 Å². The van der Waals surface area contributed by atoms with Crippen LogP contribution < -0.4 is 5.32 Å². The van der Waals surface area contributed by atoms with Gasteiger partial charge in [0, 0.05) is 23.3 Å². The zero-order chi connectivity index (χ0) is 19.5. The first-order valence-electron chi connectivity index (χ1n) is 8.98. The van der Waals surface area contributed by atoms with Crippen LogP contribution in [0, 0.1) is 5.82 Å². The molecule has 2 aromatic carbocycles. The summed E-state index contributed by atoms with van der Waals surface area (Å²) in [5.74, 6) is -0.532. The lowest BCUT2D eigenvalue weighted by molar-refractivity contribution is 0.0941. The van der Waals surface area contributed by atoms with Crippen molar-refractivity contribution in [3.63, 3.8) is 0 Å². The van der Waals surface area contributed by atoms with E-state index in [0.29, 0.717) is 16.5 Å². The van der Waals surface area contributed by atoms with Crippen molar-refractivity contribution in [3.05, 3.63) is 96.1 Å². The van der Waals surface area contributed by atoms with Crippen LogP contribution >= 0.6 is 0 Å². The average Bonchev–Trinajstić information content (AvgIpc) is 2.74. The van der Waals surface area contributed by atoms with Crippen molar-refractivity contribution in [2.24, 2.45) is 0 Å². The fourth-order valence-electron chi connectivity index (χ4n) is 3.12. The Kier molecular flexibility index (Phi) is 4.81. The number of pyridine rings is 2. The molecule has 4 rings (SSSR count). The Morgan fingerprint density at radius 2 is 1.79 bits per heavy atom. The number of hydrogen-bond donors (Lipinski definition) is 1. The number of amides is 1. The summed E-state index contributed by atoms with van der Waals surface area (Å²) < 4.78 is 13.2. The minimum absolute atomic E-state index is 0.227. The molecule has 5 heteroatoms. The van der Waals surface area contributed by atoms with Crippen LogP contribution in [0.4, 0.5) is 4.39 Å². The standard InChI is InChI=1S/C23H18FN3O/c1-15(16-7-9-18(24)10-8-16)26-23(28)19-13-22(17-5-3-2-4-6-17)27-21-11-12-25-14-20(19)21/h2-15H,1H3,(H,26,28). The highest BCUT2D eigenvalue weighted by Gasteiger charge is 2.17. The Hall–Kier alpha value is -3.60. The molecular weight excluding hydrogens is 353 g/mol. The summed E-state index contributed by atoms with van der Waals surface area (Å²) in [7, 11) is 0. The van der Waals surface area contributed by atoms with Crippen molar-refractivity contribution in [2.75, 3.05) is 0 Å². The third-order valence-electron chi connectivity index (χ3n) is 4.64. The van der Waals surface area contributed by atoms with Crippen LogP contribution in [0.15, 0.2) is 79.1 Å². The van der Waals surface area contributed by atoms with Gasteiger partial charge in [-0.2, -0.15) is 0 Å². The maximum Gasteiger partial charge on any atom is 0.252 e. The second-order valence-corrected chi connectivity index (χ2v) is 6.56. The van der Waals surface area contributed by atoms with Gasteiger partial charge in [0.2, 0.25) is 0 Å². The smallest absolute Gasteiger partial charge is 0.252 e. The van der Waals surface area contributed by atoms with Gasteiger partial charge in [0.1, 0.15) is 5.82 Å². The maximum absolute atomic E-state index is 13.2. The summed E-state index contributed by atoms with van der Waals surface area (Å²) in [5.41, 5.74) is 3.69. The van der Waals surface area contributed by atoms with Crippen molar-refractivity contribution in [1.82, 2.24) is 15.3 Å². The van der Waals surface area contributed by atoms with Crippen molar-refractivity contribution in [1.29, 1.82) is 0 Å². The van der Waals surface area contributed by atoms with Gasteiger partial charge >= 0.3 is 0 Å². The molecule has 1 N–H and O–H groups in total. The molecule has 138 valence electrons. The topological polar surface area (TPSA) is 54.9 Å². The lowest BCUT2D eigenvalue weighted by Crippen LogP contribution is -2.27. The van der Waals surface area contributed by atoms with E-state index in [2.05, 4.69) is 15.3 Å². The molecule has 0 aliphatic rings. The van der Waals surface area contributed by atoms with E-state index in [-0.39, 0.29) is 17.8 Å². The second-order valence-electron chi connectivity index (χ2n) is 6.56. The molecule has 1 amide bonds. The molecular formula is C23H18FN3O. The van der Waals surface area contributed by atoms with Crippen LogP contribution in [-0.4, -0.2) is 15.9 Å². The van der Waals surface area contributed by atoms with Gasteiger partial charge in [0.15, 0.2) is 0 Å². The zero-order valence-corrected chi connectivity index (χ0v) is 15.3. The van der Waals surface area contributed by atoms with Crippen LogP contribution in [0.1, 0.15) is 28.9 Å². The maximum atomic E-state index is 13.2. The Bertz CT molecular complexity index is 1130. The first kappa shape index (κ1) is 17.8. The Morgan fingerprint density at radius 1 is 1.04 bits per heavy atom. The number of carbonyl (C=O) groups excluding carboxylic acids is 1. The van der Waals surface area contributed by atoms with Crippen LogP contribution in [-0.2, 0) is 0 Å². The van der Waals surface area contributed by atoms with Gasteiger partial charge in [0.05, 0.1) is 22.8 Å². The molecule has 0 radical (unpaired) electrons. The zero-order valence-electron chi connectivity index (χ0n) is 15.3. The Morgan fingerprint density at radius 3 is 2.54 bits per heavy atom. The number of halogens is 1. The van der Waals surface area contributed by atoms with Gasteiger partial charge in [-0.05, 0) is 36.8 Å². The molecule has 0 spiro atoms. The van der Waals surface area contributed by atoms with E-state index in [4.69, 9.17) is 0 Å². The number of aromatic nitrogens is 2. The monoisotopic (exact) mass is 371 g/mol. The molecule has 28 heavy (non-hydrogen) atoms. The largest absolute Gasteiger partial charge is 0.345 e. The third-order valence-corrected chi connectivity index (χ3v) is 4.64. The first-order chi connectivity index (χ1) is 13.6. The number of hydrogen-bond acceptors (Lipinski definition) is 3. The predicted molar refractivity (Wildman–Crippen MR) is 107 cm³/mol. The van der Waals surface area contributed by atoms with Gasteiger partial charge < -0.3 is 5.32 Å². The van der Waals surface area contributed by atoms with Gasteiger partial charge in [-0.3, -0.25) is 9.78 Å². The molecule has 4 nitrogen and oxygen atoms in total. The van der Waals surface area contributed by atoms with Gasteiger partial charge in [-0.1, -0.05) is 42.5 Å². The lowest BCUT2D eigenvalue weighted by Gasteiger charge is -2.16. The van der Waals surface area contributed by atoms with Crippen molar-refractivity contribution < 1.29 is 9.18 Å². The first-order valence-corrected chi connectivity index (χ1v) is 8.98. The summed E-state index contributed by atoms with van der Waals surface area (Å²) in [4.78, 5) is 21.9. The summed E-state index contributed by atoms with van der Waals surface area (Å²) in [6, 6.07) is 19.1. The van der Waals surface area contributed by atoms with E-state index in [1.54, 1.807) is 36.7 Å². The Labute approximate surface area is 162 Å². The quantitative estimate of drug-likeness (QED) is 0.554. The molecule has 0 aliphatic heterocycles. The van der Waals surface area contributed by atoms with Gasteiger partial charge in [0.25, 0.3) is 5.91 Å². The summed E-state index contributed by atoms with van der Waals surface area (Å²) in [6.45, 7) is 1.87.